The minimum absolute atomic E-state index is 0.0173. The first-order valence-corrected chi connectivity index (χ1v) is 8.53. The third kappa shape index (κ3) is 6.17. The molecule has 25 heavy (non-hydrogen) atoms. The van der Waals surface area contributed by atoms with Gasteiger partial charge in [-0.15, -0.1) is 0 Å². The molecule has 2 rings (SSSR count). The zero-order valence-corrected chi connectivity index (χ0v) is 14.9. The molecule has 0 aliphatic heterocycles. The second kappa shape index (κ2) is 9.76. The number of benzene rings is 2. The second-order valence-electron chi connectivity index (χ2n) is 5.61. The summed E-state index contributed by atoms with van der Waals surface area (Å²) in [5.41, 5.74) is 3.63. The lowest BCUT2D eigenvalue weighted by molar-refractivity contribution is -0.121. The number of nitrogens with one attached hydrogen (secondary N) is 2. The predicted octanol–water partition coefficient (Wildman–Crippen LogP) is 2.86. The van der Waals surface area contributed by atoms with Gasteiger partial charge in [0.1, 0.15) is 17.3 Å². The molecular formula is C19H22N2O3S. The van der Waals surface area contributed by atoms with E-state index in [9.17, 15) is 4.79 Å². The Morgan fingerprint density at radius 1 is 1.16 bits per heavy atom. The van der Waals surface area contributed by atoms with Crippen molar-refractivity contribution in [1.29, 1.82) is 0 Å². The predicted molar refractivity (Wildman–Crippen MR) is 101 cm³/mol. The summed E-state index contributed by atoms with van der Waals surface area (Å²) < 4.78 is 5.74. The van der Waals surface area contributed by atoms with E-state index in [4.69, 9.17) is 22.2 Å². The Kier molecular flexibility index (Phi) is 7.37. The molecule has 0 aliphatic carbocycles. The average molecular weight is 358 g/mol. The molecule has 6 heteroatoms. The molecule has 0 bridgehead atoms. The van der Waals surface area contributed by atoms with E-state index < -0.39 is 0 Å². The summed E-state index contributed by atoms with van der Waals surface area (Å²) in [6.07, 6.45) is 1.13. The molecule has 0 aromatic heterocycles. The number of ether oxygens (including phenoxy) is 1. The Morgan fingerprint density at radius 2 is 1.84 bits per heavy atom. The van der Waals surface area contributed by atoms with E-state index in [1.165, 1.54) is 0 Å². The number of rotatable bonds is 8. The molecule has 2 aromatic rings. The van der Waals surface area contributed by atoms with Crippen LogP contribution >= 0.6 is 12.2 Å². The fourth-order valence-electron chi connectivity index (χ4n) is 2.29. The number of hydroxylamine groups is 1. The largest absolute Gasteiger partial charge is 0.491 e. The van der Waals surface area contributed by atoms with Crippen LogP contribution in [0.25, 0.3) is 0 Å². The lowest BCUT2D eigenvalue weighted by Gasteiger charge is -2.18. The first-order valence-electron chi connectivity index (χ1n) is 8.13. The van der Waals surface area contributed by atoms with Gasteiger partial charge >= 0.3 is 0 Å². The van der Waals surface area contributed by atoms with Crippen LogP contribution in [0.4, 0.5) is 0 Å². The zero-order valence-electron chi connectivity index (χ0n) is 14.1. The first kappa shape index (κ1) is 18.9. The average Bonchev–Trinajstić information content (AvgIpc) is 2.65. The van der Waals surface area contributed by atoms with Gasteiger partial charge in [-0.3, -0.25) is 15.5 Å². The Balaban J connectivity index is 1.83. The Bertz CT molecular complexity index is 690. The SMILES string of the molecule is CC[C@@H](COc1ccc(C(=S)NO)cc1)NC(=O)Cc1ccccc1. The fraction of sp³-hybridized carbons (Fsp3) is 0.263. The van der Waals surface area contributed by atoms with Gasteiger partial charge in [0.05, 0.1) is 12.5 Å². The van der Waals surface area contributed by atoms with Crippen LogP contribution in [-0.4, -0.2) is 28.8 Å². The number of thiocarbonyl (C=S) groups is 1. The van der Waals surface area contributed by atoms with Crippen molar-refractivity contribution in [3.8, 4) is 5.75 Å². The van der Waals surface area contributed by atoms with Crippen molar-refractivity contribution in [2.24, 2.45) is 0 Å². The van der Waals surface area contributed by atoms with Gasteiger partial charge in [-0.2, -0.15) is 0 Å². The van der Waals surface area contributed by atoms with Crippen molar-refractivity contribution in [3.63, 3.8) is 0 Å². The molecule has 0 aliphatic rings. The van der Waals surface area contributed by atoms with Crippen LogP contribution in [0.2, 0.25) is 0 Å². The van der Waals surface area contributed by atoms with Crippen LogP contribution in [0.15, 0.2) is 54.6 Å². The van der Waals surface area contributed by atoms with E-state index in [0.29, 0.717) is 24.3 Å². The van der Waals surface area contributed by atoms with Crippen molar-refractivity contribution in [3.05, 3.63) is 65.7 Å². The van der Waals surface area contributed by atoms with Crippen molar-refractivity contribution < 1.29 is 14.7 Å². The fourth-order valence-corrected chi connectivity index (χ4v) is 2.42. The minimum Gasteiger partial charge on any atom is -0.491 e. The van der Waals surface area contributed by atoms with E-state index in [1.807, 2.05) is 42.7 Å². The summed E-state index contributed by atoms with van der Waals surface area (Å²) in [5.74, 6) is 0.664. The highest BCUT2D eigenvalue weighted by Gasteiger charge is 2.12. The Hall–Kier alpha value is -2.44. The van der Waals surface area contributed by atoms with Crippen LogP contribution in [0, 0.1) is 0 Å². The first-order chi connectivity index (χ1) is 12.1. The maximum absolute atomic E-state index is 12.1. The quantitative estimate of drug-likeness (QED) is 0.500. The van der Waals surface area contributed by atoms with Gasteiger partial charge in [0.25, 0.3) is 0 Å². The molecule has 2 aromatic carbocycles. The monoisotopic (exact) mass is 358 g/mol. The van der Waals surface area contributed by atoms with Gasteiger partial charge in [0, 0.05) is 5.56 Å². The van der Waals surface area contributed by atoms with Crippen molar-refractivity contribution in [2.45, 2.75) is 25.8 Å². The molecule has 0 radical (unpaired) electrons. The molecule has 0 fully saturated rings. The minimum atomic E-state index is -0.0592. The molecule has 1 amide bonds. The van der Waals surface area contributed by atoms with Crippen LogP contribution in [0.3, 0.4) is 0 Å². The highest BCUT2D eigenvalue weighted by atomic mass is 32.1. The molecule has 5 nitrogen and oxygen atoms in total. The summed E-state index contributed by atoms with van der Waals surface area (Å²) in [6, 6.07) is 16.7. The number of amides is 1. The lowest BCUT2D eigenvalue weighted by atomic mass is 10.1. The van der Waals surface area contributed by atoms with Crippen LogP contribution in [-0.2, 0) is 11.2 Å². The summed E-state index contributed by atoms with van der Waals surface area (Å²) in [5, 5.41) is 11.8. The Labute approximate surface area is 153 Å². The molecule has 0 heterocycles. The van der Waals surface area contributed by atoms with Gasteiger partial charge in [-0.25, -0.2) is 0 Å². The maximum Gasteiger partial charge on any atom is 0.224 e. The molecule has 0 spiro atoms. The highest BCUT2D eigenvalue weighted by Crippen LogP contribution is 2.13. The molecule has 0 saturated carbocycles. The van der Waals surface area contributed by atoms with Gasteiger partial charge in [-0.05, 0) is 36.2 Å². The van der Waals surface area contributed by atoms with Crippen LogP contribution in [0.1, 0.15) is 24.5 Å². The molecule has 0 saturated heterocycles. The molecule has 3 N–H and O–H groups in total. The third-order valence-corrected chi connectivity index (χ3v) is 4.06. The summed E-state index contributed by atoms with van der Waals surface area (Å²) in [7, 11) is 0. The summed E-state index contributed by atoms with van der Waals surface area (Å²) in [4.78, 5) is 12.4. The van der Waals surface area contributed by atoms with Gasteiger partial charge in [-0.1, -0.05) is 49.5 Å². The molecular weight excluding hydrogens is 336 g/mol. The lowest BCUT2D eigenvalue weighted by Crippen LogP contribution is -2.39. The van der Waals surface area contributed by atoms with Crippen molar-refractivity contribution in [2.75, 3.05) is 6.61 Å². The summed E-state index contributed by atoms with van der Waals surface area (Å²) >= 11 is 4.94. The van der Waals surface area contributed by atoms with E-state index in [2.05, 4.69) is 5.32 Å². The zero-order chi connectivity index (χ0) is 18.1. The highest BCUT2D eigenvalue weighted by molar-refractivity contribution is 7.80. The number of hydrogen-bond acceptors (Lipinski definition) is 4. The van der Waals surface area contributed by atoms with Crippen LogP contribution < -0.4 is 15.5 Å². The standard InChI is InChI=1S/C19H22N2O3S/c1-2-16(20-18(22)12-14-6-4-3-5-7-14)13-24-17-10-8-15(9-11-17)19(25)21-23/h3-11,16,23H,2,12-13H2,1H3,(H,20,22)(H,21,25)/t16-/m0/s1. The van der Waals surface area contributed by atoms with Gasteiger partial charge < -0.3 is 10.1 Å². The summed E-state index contributed by atoms with van der Waals surface area (Å²) in [6.45, 7) is 2.39. The molecule has 132 valence electrons. The maximum atomic E-state index is 12.1. The van der Waals surface area contributed by atoms with E-state index in [1.54, 1.807) is 24.3 Å². The smallest absolute Gasteiger partial charge is 0.224 e. The van der Waals surface area contributed by atoms with Crippen LogP contribution in [0.5, 0.6) is 5.75 Å². The number of hydrogen-bond donors (Lipinski definition) is 3. The second-order valence-corrected chi connectivity index (χ2v) is 6.02. The number of carbonyl (C=O) groups is 1. The Morgan fingerprint density at radius 3 is 2.44 bits per heavy atom. The number of carbonyl (C=O) groups excluding carboxylic acids is 1. The molecule has 0 unspecified atom stereocenters. The van der Waals surface area contributed by atoms with Gasteiger partial charge in [0.15, 0.2) is 0 Å². The molecule has 1 atom stereocenters. The van der Waals surface area contributed by atoms with Gasteiger partial charge in [0.2, 0.25) is 5.91 Å². The topological polar surface area (TPSA) is 70.6 Å². The van der Waals surface area contributed by atoms with E-state index in [0.717, 1.165) is 12.0 Å². The van der Waals surface area contributed by atoms with E-state index in [-0.39, 0.29) is 16.9 Å². The van der Waals surface area contributed by atoms with Crippen molar-refractivity contribution in [1.82, 2.24) is 10.8 Å². The van der Waals surface area contributed by atoms with E-state index >= 15 is 0 Å². The third-order valence-electron chi connectivity index (χ3n) is 3.73. The normalized spacial score (nSPS) is 11.4. The van der Waals surface area contributed by atoms with Crippen molar-refractivity contribution >= 4 is 23.1 Å².